The molecule has 2 amide bonds. The summed E-state index contributed by atoms with van der Waals surface area (Å²) in [6.07, 6.45) is 1.71. The molecule has 1 N–H and O–H groups in total. The molecular weight excluding hydrogens is 674 g/mol. The number of rotatable bonds is 8. The number of amides is 2. The Hall–Kier alpha value is -1.83. The van der Waals surface area contributed by atoms with Crippen molar-refractivity contribution in [2.24, 2.45) is 0 Å². The number of hydrogen-bond donors (Lipinski definition) is 1. The number of nitrogens with one attached hydrogen (secondary N) is 1. The molecule has 2 aromatic carbocycles. The van der Waals surface area contributed by atoms with Gasteiger partial charge in [-0.05, 0) is 89.1 Å². The van der Waals surface area contributed by atoms with Crippen LogP contribution in [0.5, 0.6) is 11.5 Å². The van der Waals surface area contributed by atoms with Gasteiger partial charge in [-0.1, -0.05) is 47.1 Å². The minimum absolute atomic E-state index is 0.230. The smallest absolute Gasteiger partial charge is 0.285 e. The lowest BCUT2D eigenvalue weighted by Gasteiger charge is -2.16. The zero-order chi connectivity index (χ0) is 25.8. The number of carbonyl (C=O) groups is 2. The lowest BCUT2D eigenvalue weighted by atomic mass is 10.1. The third-order valence-corrected chi connectivity index (χ3v) is 8.33. The number of thiocarbonyl (C=S) groups is 1. The Labute approximate surface area is 245 Å². The summed E-state index contributed by atoms with van der Waals surface area (Å²) >= 11 is 22.1. The second-order valence-electron chi connectivity index (χ2n) is 7.22. The zero-order valence-electron chi connectivity index (χ0n) is 18.5. The number of benzene rings is 2. The average Bonchev–Trinajstić information content (AvgIpc) is 3.45. The largest absolute Gasteiger partial charge is 0.490 e. The number of hydrogen-bond acceptors (Lipinski definition) is 7. The molecule has 0 unspecified atom stereocenters. The number of thioether (sulfide) groups is 1. The molecule has 6 nitrogen and oxygen atoms in total. The van der Waals surface area contributed by atoms with E-state index in [0.29, 0.717) is 37.9 Å². The Morgan fingerprint density at radius 2 is 2.03 bits per heavy atom. The normalized spacial score (nSPS) is 14.4. The average molecular weight is 691 g/mol. The van der Waals surface area contributed by atoms with Crippen LogP contribution in [-0.4, -0.2) is 27.8 Å². The first-order chi connectivity index (χ1) is 17.3. The molecule has 1 aliphatic heterocycles. The van der Waals surface area contributed by atoms with Gasteiger partial charge in [-0.3, -0.25) is 15.0 Å². The minimum atomic E-state index is -0.402. The predicted octanol–water partition coefficient (Wildman–Crippen LogP) is 7.18. The van der Waals surface area contributed by atoms with E-state index < -0.39 is 11.8 Å². The SMILES string of the molecule is CCOc1cc(/C=C2/SC(=S)N(NC(=O)c3cccs3)C2=O)cc(I)c1OCc1ccc(Cl)cc1Cl. The van der Waals surface area contributed by atoms with Crippen molar-refractivity contribution in [3.05, 3.63) is 82.4 Å². The van der Waals surface area contributed by atoms with Crippen LogP contribution in [0.4, 0.5) is 0 Å². The Bertz CT molecular complexity index is 1370. The summed E-state index contributed by atoms with van der Waals surface area (Å²) in [4.78, 5) is 26.2. The maximum Gasteiger partial charge on any atom is 0.285 e. The number of ether oxygens (including phenoxy) is 2. The molecule has 12 heteroatoms. The Balaban J connectivity index is 1.54. The topological polar surface area (TPSA) is 67.9 Å². The minimum Gasteiger partial charge on any atom is -0.490 e. The summed E-state index contributed by atoms with van der Waals surface area (Å²) < 4.78 is 12.9. The molecule has 1 fully saturated rings. The molecular formula is C24H17Cl2IN2O4S3. The third kappa shape index (κ3) is 6.35. The molecule has 2 heterocycles. The highest BCUT2D eigenvalue weighted by molar-refractivity contribution is 14.1. The molecule has 4 rings (SSSR count). The molecule has 0 spiro atoms. The Kier molecular flexibility index (Phi) is 9.18. The molecule has 186 valence electrons. The molecule has 1 aliphatic rings. The monoisotopic (exact) mass is 690 g/mol. The number of nitrogens with zero attached hydrogens (tertiary/aromatic N) is 1. The summed E-state index contributed by atoms with van der Waals surface area (Å²) in [6.45, 7) is 2.53. The Morgan fingerprint density at radius 1 is 1.22 bits per heavy atom. The molecule has 0 saturated carbocycles. The van der Waals surface area contributed by atoms with Crippen molar-refractivity contribution in [3.8, 4) is 11.5 Å². The van der Waals surface area contributed by atoms with Gasteiger partial charge in [0.05, 0.1) is 20.0 Å². The van der Waals surface area contributed by atoms with Crippen molar-refractivity contribution >= 4 is 103 Å². The van der Waals surface area contributed by atoms with Crippen LogP contribution in [0.3, 0.4) is 0 Å². The number of hydrazine groups is 1. The summed E-state index contributed by atoms with van der Waals surface area (Å²) in [6, 6.07) is 12.3. The number of halogens is 3. The number of thiophene rings is 1. The van der Waals surface area contributed by atoms with Crippen molar-refractivity contribution < 1.29 is 19.1 Å². The zero-order valence-corrected chi connectivity index (χ0v) is 24.7. The van der Waals surface area contributed by atoms with Gasteiger partial charge in [-0.15, -0.1) is 11.3 Å². The van der Waals surface area contributed by atoms with Crippen molar-refractivity contribution in [3.63, 3.8) is 0 Å². The highest BCUT2D eigenvalue weighted by atomic mass is 127. The molecule has 36 heavy (non-hydrogen) atoms. The highest BCUT2D eigenvalue weighted by Crippen LogP contribution is 2.38. The Morgan fingerprint density at radius 3 is 2.72 bits per heavy atom. The fraction of sp³-hybridized carbons (Fsp3) is 0.125. The molecule has 0 atom stereocenters. The van der Waals surface area contributed by atoms with Crippen LogP contribution in [0.25, 0.3) is 6.08 Å². The maximum atomic E-state index is 13.0. The van der Waals surface area contributed by atoms with E-state index in [0.717, 1.165) is 31.5 Å². The van der Waals surface area contributed by atoms with Crippen molar-refractivity contribution in [2.45, 2.75) is 13.5 Å². The van der Waals surface area contributed by atoms with Crippen molar-refractivity contribution in [1.82, 2.24) is 10.4 Å². The first-order valence-electron chi connectivity index (χ1n) is 10.4. The van der Waals surface area contributed by atoms with E-state index in [1.54, 1.807) is 41.8 Å². The van der Waals surface area contributed by atoms with Gasteiger partial charge < -0.3 is 9.47 Å². The summed E-state index contributed by atoms with van der Waals surface area (Å²) in [5.74, 6) is 0.303. The van der Waals surface area contributed by atoms with Crippen molar-refractivity contribution in [1.29, 1.82) is 0 Å². The molecule has 1 aromatic heterocycles. The standard InChI is InChI=1S/C24H17Cl2IN2O4S3/c1-2-32-18-9-13(8-17(27)21(18)33-12-14-5-6-15(25)11-16(14)26)10-20-23(31)29(24(34)36-20)28-22(30)19-4-3-7-35-19/h3-11H,2,12H2,1H3,(H,28,30)/b20-10+. The first kappa shape index (κ1) is 27.2. The molecule has 1 saturated heterocycles. The van der Waals surface area contributed by atoms with Crippen LogP contribution in [-0.2, 0) is 11.4 Å². The number of carbonyl (C=O) groups excluding carboxylic acids is 2. The van der Waals surface area contributed by atoms with Gasteiger partial charge in [0.1, 0.15) is 6.61 Å². The van der Waals surface area contributed by atoms with Crippen LogP contribution in [0.15, 0.2) is 52.7 Å². The van der Waals surface area contributed by atoms with Crippen LogP contribution in [0.2, 0.25) is 10.0 Å². The van der Waals surface area contributed by atoms with Gasteiger partial charge in [0.25, 0.3) is 11.8 Å². The lowest BCUT2D eigenvalue weighted by Crippen LogP contribution is -2.44. The van der Waals surface area contributed by atoms with Crippen LogP contribution in [0.1, 0.15) is 27.7 Å². The van der Waals surface area contributed by atoms with Gasteiger partial charge in [-0.2, -0.15) is 5.01 Å². The fourth-order valence-corrected chi connectivity index (χ4v) is 6.18. The van der Waals surface area contributed by atoms with Crippen LogP contribution >= 0.6 is 81.1 Å². The second-order valence-corrected chi connectivity index (χ2v) is 11.9. The van der Waals surface area contributed by atoms with Gasteiger partial charge in [0.2, 0.25) is 0 Å². The molecule has 0 radical (unpaired) electrons. The second kappa shape index (κ2) is 12.1. The van der Waals surface area contributed by atoms with E-state index in [1.807, 2.05) is 19.1 Å². The third-order valence-electron chi connectivity index (χ3n) is 4.77. The van der Waals surface area contributed by atoms with Crippen LogP contribution < -0.4 is 14.9 Å². The van der Waals surface area contributed by atoms with Crippen LogP contribution in [0, 0.1) is 3.57 Å². The van der Waals surface area contributed by atoms with E-state index in [1.165, 1.54) is 11.3 Å². The molecule has 0 aliphatic carbocycles. The van der Waals surface area contributed by atoms with Gasteiger partial charge in [0, 0.05) is 15.6 Å². The predicted molar refractivity (Wildman–Crippen MR) is 158 cm³/mol. The lowest BCUT2D eigenvalue weighted by molar-refractivity contribution is -0.123. The van der Waals surface area contributed by atoms with E-state index in [2.05, 4.69) is 28.0 Å². The maximum absolute atomic E-state index is 13.0. The van der Waals surface area contributed by atoms with Gasteiger partial charge in [-0.25, -0.2) is 0 Å². The van der Waals surface area contributed by atoms with E-state index in [4.69, 9.17) is 44.9 Å². The van der Waals surface area contributed by atoms with Crippen molar-refractivity contribution in [2.75, 3.05) is 6.61 Å². The molecule has 3 aromatic rings. The first-order valence-corrected chi connectivity index (χ1v) is 14.4. The van der Waals surface area contributed by atoms with E-state index >= 15 is 0 Å². The van der Waals surface area contributed by atoms with Gasteiger partial charge in [0.15, 0.2) is 15.8 Å². The summed E-state index contributed by atoms with van der Waals surface area (Å²) in [5.41, 5.74) is 4.09. The highest BCUT2D eigenvalue weighted by Gasteiger charge is 2.34. The van der Waals surface area contributed by atoms with E-state index in [9.17, 15) is 9.59 Å². The fourth-order valence-electron chi connectivity index (χ4n) is 3.14. The summed E-state index contributed by atoms with van der Waals surface area (Å²) in [7, 11) is 0. The summed E-state index contributed by atoms with van der Waals surface area (Å²) in [5, 5.41) is 3.94. The molecule has 0 bridgehead atoms. The van der Waals surface area contributed by atoms with E-state index in [-0.39, 0.29) is 10.9 Å². The quantitative estimate of drug-likeness (QED) is 0.153. The van der Waals surface area contributed by atoms with Gasteiger partial charge >= 0.3 is 0 Å².